The summed E-state index contributed by atoms with van der Waals surface area (Å²) in [6.07, 6.45) is 0.809. The molecule has 0 heterocycles. The summed E-state index contributed by atoms with van der Waals surface area (Å²) in [4.78, 5) is 12.2. The molecule has 1 aromatic carbocycles. The molecular weight excluding hydrogens is 254 g/mol. The van der Waals surface area contributed by atoms with Gasteiger partial charge < -0.3 is 15.2 Å². The second-order valence-electron chi connectivity index (χ2n) is 5.35. The number of nitrogens with one attached hydrogen (secondary N) is 1. The third-order valence-corrected chi connectivity index (χ3v) is 3.01. The fourth-order valence-electron chi connectivity index (χ4n) is 2.03. The molecule has 112 valence electrons. The van der Waals surface area contributed by atoms with Crippen LogP contribution < -0.4 is 10.1 Å². The summed E-state index contributed by atoms with van der Waals surface area (Å²) in [5.41, 5.74) is 0. The maximum atomic E-state index is 12.2. The number of hydrogen-bond donors (Lipinski definition) is 2. The van der Waals surface area contributed by atoms with Crippen molar-refractivity contribution >= 4 is 5.91 Å². The van der Waals surface area contributed by atoms with Crippen LogP contribution in [0.3, 0.4) is 0 Å². The molecule has 0 spiro atoms. The van der Waals surface area contributed by atoms with Crippen LogP contribution >= 0.6 is 0 Å². The van der Waals surface area contributed by atoms with Gasteiger partial charge in [0.05, 0.1) is 12.6 Å². The number of carbonyl (C=O) groups is 1. The largest absolute Gasteiger partial charge is 0.481 e. The molecule has 0 radical (unpaired) electrons. The third kappa shape index (κ3) is 5.61. The highest BCUT2D eigenvalue weighted by molar-refractivity contribution is 5.81. The van der Waals surface area contributed by atoms with Crippen molar-refractivity contribution in [3.05, 3.63) is 30.3 Å². The average Bonchev–Trinajstić information content (AvgIpc) is 2.44. The van der Waals surface area contributed by atoms with Gasteiger partial charge in [0.25, 0.3) is 5.91 Å². The van der Waals surface area contributed by atoms with Gasteiger partial charge in [0.2, 0.25) is 0 Å². The molecule has 1 amide bonds. The summed E-state index contributed by atoms with van der Waals surface area (Å²) < 4.78 is 5.68. The van der Waals surface area contributed by atoms with E-state index in [9.17, 15) is 9.90 Å². The maximum absolute atomic E-state index is 12.2. The van der Waals surface area contributed by atoms with E-state index in [0.29, 0.717) is 18.1 Å². The highest BCUT2D eigenvalue weighted by Gasteiger charge is 2.21. The Labute approximate surface area is 121 Å². The molecule has 0 saturated carbocycles. The zero-order valence-corrected chi connectivity index (χ0v) is 12.5. The fourth-order valence-corrected chi connectivity index (χ4v) is 2.03. The van der Waals surface area contributed by atoms with Gasteiger partial charge in [-0.3, -0.25) is 4.79 Å². The fraction of sp³-hybridized carbons (Fsp3) is 0.562. The molecule has 2 atom stereocenters. The first-order valence-corrected chi connectivity index (χ1v) is 7.19. The second-order valence-corrected chi connectivity index (χ2v) is 5.35. The Hall–Kier alpha value is -1.55. The van der Waals surface area contributed by atoms with Crippen molar-refractivity contribution in [1.82, 2.24) is 5.32 Å². The first kappa shape index (κ1) is 16.5. The summed E-state index contributed by atoms with van der Waals surface area (Å²) in [5, 5.41) is 12.2. The molecule has 4 heteroatoms. The third-order valence-electron chi connectivity index (χ3n) is 3.01. The molecule has 0 saturated heterocycles. The number of para-hydroxylation sites is 1. The van der Waals surface area contributed by atoms with E-state index in [1.165, 1.54) is 0 Å². The molecule has 20 heavy (non-hydrogen) atoms. The van der Waals surface area contributed by atoms with E-state index >= 15 is 0 Å². The molecule has 0 aliphatic rings. The standard InChI is InChI=1S/C16H25NO3/c1-4-15(20-14-8-6-5-7-9-14)16(19)17-13(11-18)10-12(2)3/h5-9,12-13,15,18H,4,10-11H2,1-3H3,(H,17,19). The van der Waals surface area contributed by atoms with Crippen molar-refractivity contribution in [3.8, 4) is 5.75 Å². The van der Waals surface area contributed by atoms with Gasteiger partial charge in [-0.15, -0.1) is 0 Å². The first-order chi connectivity index (χ1) is 9.56. The van der Waals surface area contributed by atoms with Crippen LogP contribution in [0, 0.1) is 5.92 Å². The van der Waals surface area contributed by atoms with Crippen molar-refractivity contribution < 1.29 is 14.6 Å². The topological polar surface area (TPSA) is 58.6 Å². The zero-order chi connectivity index (χ0) is 15.0. The summed E-state index contributed by atoms with van der Waals surface area (Å²) >= 11 is 0. The van der Waals surface area contributed by atoms with E-state index in [1.807, 2.05) is 37.3 Å². The molecule has 4 nitrogen and oxygen atoms in total. The van der Waals surface area contributed by atoms with Crippen LogP contribution in [0.25, 0.3) is 0 Å². The van der Waals surface area contributed by atoms with Crippen LogP contribution in [0.2, 0.25) is 0 Å². The van der Waals surface area contributed by atoms with E-state index < -0.39 is 6.10 Å². The molecule has 0 aliphatic carbocycles. The number of aliphatic hydroxyl groups is 1. The number of amides is 1. The van der Waals surface area contributed by atoms with Crippen LogP contribution in [0.4, 0.5) is 0 Å². The summed E-state index contributed by atoms with van der Waals surface area (Å²) in [6, 6.07) is 9.08. The highest BCUT2D eigenvalue weighted by Crippen LogP contribution is 2.13. The molecule has 1 rings (SSSR count). The van der Waals surface area contributed by atoms with Gasteiger partial charge in [-0.05, 0) is 30.9 Å². The molecule has 2 unspecified atom stereocenters. The van der Waals surface area contributed by atoms with Crippen molar-refractivity contribution in [3.63, 3.8) is 0 Å². The lowest BCUT2D eigenvalue weighted by Gasteiger charge is -2.22. The van der Waals surface area contributed by atoms with Crippen molar-refractivity contribution in [2.75, 3.05) is 6.61 Å². The van der Waals surface area contributed by atoms with Gasteiger partial charge in [0.1, 0.15) is 5.75 Å². The number of hydrogen-bond acceptors (Lipinski definition) is 3. The van der Waals surface area contributed by atoms with Gasteiger partial charge in [-0.25, -0.2) is 0 Å². The first-order valence-electron chi connectivity index (χ1n) is 7.19. The number of ether oxygens (including phenoxy) is 1. The van der Waals surface area contributed by atoms with Crippen LogP contribution in [0.1, 0.15) is 33.6 Å². The van der Waals surface area contributed by atoms with Crippen molar-refractivity contribution in [2.45, 2.75) is 45.8 Å². The van der Waals surface area contributed by atoms with Gasteiger partial charge in [0.15, 0.2) is 6.10 Å². The van der Waals surface area contributed by atoms with Crippen LogP contribution in [-0.2, 0) is 4.79 Å². The quantitative estimate of drug-likeness (QED) is 0.768. The molecule has 0 bridgehead atoms. The Bertz CT molecular complexity index is 392. The van der Waals surface area contributed by atoms with E-state index in [-0.39, 0.29) is 18.6 Å². The number of aliphatic hydroxyl groups excluding tert-OH is 1. The normalized spacial score (nSPS) is 13.8. The molecule has 2 N–H and O–H groups in total. The minimum atomic E-state index is -0.529. The van der Waals surface area contributed by atoms with Crippen LogP contribution in [0.15, 0.2) is 30.3 Å². The molecule has 1 aromatic rings. The van der Waals surface area contributed by atoms with Gasteiger partial charge in [-0.1, -0.05) is 39.0 Å². The molecule has 0 aromatic heterocycles. The van der Waals surface area contributed by atoms with Gasteiger partial charge in [-0.2, -0.15) is 0 Å². The predicted octanol–water partition coefficient (Wildman–Crippen LogP) is 2.37. The Morgan fingerprint density at radius 2 is 1.95 bits per heavy atom. The molecular formula is C16H25NO3. The van der Waals surface area contributed by atoms with Crippen LogP contribution in [-0.4, -0.2) is 29.8 Å². The minimum absolute atomic E-state index is 0.0499. The van der Waals surface area contributed by atoms with Gasteiger partial charge >= 0.3 is 0 Å². The smallest absolute Gasteiger partial charge is 0.261 e. The predicted molar refractivity (Wildman–Crippen MR) is 79.6 cm³/mol. The number of rotatable bonds is 8. The number of benzene rings is 1. The van der Waals surface area contributed by atoms with E-state index in [0.717, 1.165) is 6.42 Å². The van der Waals surface area contributed by atoms with Crippen molar-refractivity contribution in [2.24, 2.45) is 5.92 Å². The second kappa shape index (κ2) is 8.59. The molecule has 0 fully saturated rings. The summed E-state index contributed by atoms with van der Waals surface area (Å²) in [6.45, 7) is 5.98. The lowest BCUT2D eigenvalue weighted by molar-refractivity contribution is -0.129. The average molecular weight is 279 g/mol. The van der Waals surface area contributed by atoms with E-state index in [2.05, 4.69) is 19.2 Å². The Kier molecular flexibility index (Phi) is 7.09. The Morgan fingerprint density at radius 1 is 1.30 bits per heavy atom. The Morgan fingerprint density at radius 3 is 2.45 bits per heavy atom. The summed E-state index contributed by atoms with van der Waals surface area (Å²) in [7, 11) is 0. The zero-order valence-electron chi connectivity index (χ0n) is 12.5. The number of carbonyl (C=O) groups excluding carboxylic acids is 1. The lowest BCUT2D eigenvalue weighted by Crippen LogP contribution is -2.45. The van der Waals surface area contributed by atoms with Crippen LogP contribution in [0.5, 0.6) is 5.75 Å². The monoisotopic (exact) mass is 279 g/mol. The summed E-state index contributed by atoms with van der Waals surface area (Å²) in [5.74, 6) is 0.928. The highest BCUT2D eigenvalue weighted by atomic mass is 16.5. The van der Waals surface area contributed by atoms with E-state index in [1.54, 1.807) is 0 Å². The molecule has 0 aliphatic heterocycles. The SMILES string of the molecule is CCC(Oc1ccccc1)C(=O)NC(CO)CC(C)C. The Balaban J connectivity index is 2.58. The van der Waals surface area contributed by atoms with E-state index in [4.69, 9.17) is 4.74 Å². The van der Waals surface area contributed by atoms with Crippen molar-refractivity contribution in [1.29, 1.82) is 0 Å². The van der Waals surface area contributed by atoms with Gasteiger partial charge in [0, 0.05) is 0 Å². The minimum Gasteiger partial charge on any atom is -0.481 e. The maximum Gasteiger partial charge on any atom is 0.261 e. The lowest BCUT2D eigenvalue weighted by atomic mass is 10.0.